The summed E-state index contributed by atoms with van der Waals surface area (Å²) >= 11 is 0. The van der Waals surface area contributed by atoms with Crippen LogP contribution in [0.3, 0.4) is 0 Å². The summed E-state index contributed by atoms with van der Waals surface area (Å²) < 4.78 is 76.4. The van der Waals surface area contributed by atoms with E-state index in [9.17, 15) is 21.6 Å². The van der Waals surface area contributed by atoms with Crippen molar-refractivity contribution >= 4 is 16.2 Å². The van der Waals surface area contributed by atoms with Crippen LogP contribution >= 0.6 is 0 Å². The molecule has 154 valence electrons. The fourth-order valence-corrected chi connectivity index (χ4v) is 5.05. The number of benzene rings is 1. The SMILES string of the molecule is CC12CCC3(CC1CC=Cc1cc(OS(=O)(=O)C(F)(F)F)ccc12)OCCO3. The molecule has 2 atom stereocenters. The molecule has 2 unspecified atom stereocenters. The highest BCUT2D eigenvalue weighted by molar-refractivity contribution is 7.88. The Morgan fingerprint density at radius 2 is 1.89 bits per heavy atom. The summed E-state index contributed by atoms with van der Waals surface area (Å²) in [5.41, 5.74) is -4.05. The van der Waals surface area contributed by atoms with Gasteiger partial charge >= 0.3 is 15.6 Å². The number of halogens is 3. The average molecular weight is 418 g/mol. The number of hydrogen-bond acceptors (Lipinski definition) is 5. The largest absolute Gasteiger partial charge is 0.534 e. The Hall–Kier alpha value is -1.58. The van der Waals surface area contributed by atoms with Gasteiger partial charge in [0.2, 0.25) is 0 Å². The summed E-state index contributed by atoms with van der Waals surface area (Å²) in [5.74, 6) is -0.646. The van der Waals surface area contributed by atoms with E-state index in [4.69, 9.17) is 9.47 Å². The standard InChI is InChI=1S/C19H21F3O5S/c1-17-7-8-18(25-9-10-26-18)12-14(17)4-2-3-13-11-15(5-6-16(13)17)27-28(23,24)19(20,21)22/h2-3,5-6,11,14H,4,7-10,12H2,1H3. The highest BCUT2D eigenvalue weighted by Gasteiger charge is 2.51. The van der Waals surface area contributed by atoms with Gasteiger partial charge in [0.05, 0.1) is 13.2 Å². The minimum Gasteiger partial charge on any atom is -0.376 e. The van der Waals surface area contributed by atoms with Crippen molar-refractivity contribution < 1.29 is 35.2 Å². The summed E-state index contributed by atoms with van der Waals surface area (Å²) in [7, 11) is -5.70. The summed E-state index contributed by atoms with van der Waals surface area (Å²) in [5, 5.41) is 0. The zero-order valence-corrected chi connectivity index (χ0v) is 16.1. The van der Waals surface area contributed by atoms with Crippen molar-refractivity contribution in [1.29, 1.82) is 0 Å². The van der Waals surface area contributed by atoms with Crippen molar-refractivity contribution in [2.75, 3.05) is 13.2 Å². The fraction of sp³-hybridized carbons (Fsp3) is 0.579. The van der Waals surface area contributed by atoms with Gasteiger partial charge in [0, 0.05) is 12.8 Å². The lowest BCUT2D eigenvalue weighted by atomic mass is 9.61. The summed E-state index contributed by atoms with van der Waals surface area (Å²) in [6, 6.07) is 4.32. The van der Waals surface area contributed by atoms with E-state index in [-0.39, 0.29) is 17.1 Å². The van der Waals surface area contributed by atoms with Crippen LogP contribution in [0.15, 0.2) is 24.3 Å². The monoisotopic (exact) mass is 418 g/mol. The summed E-state index contributed by atoms with van der Waals surface area (Å²) in [6.07, 6.45) is 6.83. The zero-order valence-electron chi connectivity index (χ0n) is 15.3. The van der Waals surface area contributed by atoms with Crippen molar-refractivity contribution in [3.05, 3.63) is 35.4 Å². The van der Waals surface area contributed by atoms with E-state index < -0.39 is 21.4 Å². The lowest BCUT2D eigenvalue weighted by Crippen LogP contribution is -2.47. The molecule has 3 aliphatic rings. The maximum absolute atomic E-state index is 12.6. The number of rotatable bonds is 2. The van der Waals surface area contributed by atoms with Gasteiger partial charge in [0.1, 0.15) is 5.75 Å². The molecular formula is C19H21F3O5S. The molecule has 5 nitrogen and oxygen atoms in total. The van der Waals surface area contributed by atoms with Crippen molar-refractivity contribution in [3.8, 4) is 5.75 Å². The van der Waals surface area contributed by atoms with E-state index in [1.54, 1.807) is 6.07 Å². The molecule has 0 bridgehead atoms. The lowest BCUT2D eigenvalue weighted by Gasteiger charge is -2.48. The van der Waals surface area contributed by atoms with Crippen LogP contribution in [-0.4, -0.2) is 32.9 Å². The van der Waals surface area contributed by atoms with Crippen LogP contribution in [0.4, 0.5) is 13.2 Å². The topological polar surface area (TPSA) is 61.8 Å². The molecule has 9 heteroatoms. The van der Waals surface area contributed by atoms with E-state index in [1.165, 1.54) is 12.1 Å². The van der Waals surface area contributed by atoms with Crippen molar-refractivity contribution in [2.45, 2.75) is 49.3 Å². The van der Waals surface area contributed by atoms with Crippen LogP contribution in [0.5, 0.6) is 5.75 Å². The van der Waals surface area contributed by atoms with Crippen LogP contribution in [0.25, 0.3) is 6.08 Å². The molecule has 2 fully saturated rings. The first kappa shape index (κ1) is 19.7. The normalized spacial score (nSPS) is 29.2. The summed E-state index contributed by atoms with van der Waals surface area (Å²) in [4.78, 5) is 0. The first-order valence-corrected chi connectivity index (χ1v) is 10.6. The molecule has 1 spiro atoms. The maximum Gasteiger partial charge on any atom is 0.534 e. The number of ether oxygens (including phenoxy) is 2. The molecule has 0 radical (unpaired) electrons. The molecule has 1 aromatic rings. The first-order chi connectivity index (χ1) is 13.0. The van der Waals surface area contributed by atoms with Crippen LogP contribution in [-0.2, 0) is 25.0 Å². The van der Waals surface area contributed by atoms with Gasteiger partial charge in [-0.05, 0) is 47.4 Å². The molecule has 0 aromatic heterocycles. The third kappa shape index (κ3) is 3.23. The molecule has 0 amide bonds. The van der Waals surface area contributed by atoms with Crippen molar-refractivity contribution in [2.24, 2.45) is 5.92 Å². The summed E-state index contributed by atoms with van der Waals surface area (Å²) in [6.45, 7) is 3.31. The second kappa shape index (κ2) is 6.47. The van der Waals surface area contributed by atoms with Crippen LogP contribution in [0.1, 0.15) is 43.7 Å². The van der Waals surface area contributed by atoms with Gasteiger partial charge in [-0.3, -0.25) is 0 Å². The third-order valence-corrected chi connectivity index (χ3v) is 7.12. The minimum atomic E-state index is -5.70. The predicted molar refractivity (Wildman–Crippen MR) is 95.0 cm³/mol. The van der Waals surface area contributed by atoms with Crippen LogP contribution < -0.4 is 4.18 Å². The maximum atomic E-state index is 12.6. The van der Waals surface area contributed by atoms with Gasteiger partial charge in [-0.25, -0.2) is 0 Å². The van der Waals surface area contributed by atoms with Gasteiger partial charge < -0.3 is 13.7 Å². The number of alkyl halides is 3. The van der Waals surface area contributed by atoms with Gasteiger partial charge in [0.15, 0.2) is 5.79 Å². The molecule has 1 saturated carbocycles. The Morgan fingerprint density at radius 1 is 1.18 bits per heavy atom. The molecule has 2 aliphatic carbocycles. The predicted octanol–water partition coefficient (Wildman–Crippen LogP) is 4.13. The minimum absolute atomic E-state index is 0.221. The second-order valence-electron chi connectivity index (χ2n) is 7.80. The molecule has 1 aliphatic heterocycles. The Morgan fingerprint density at radius 3 is 2.57 bits per heavy atom. The molecule has 1 heterocycles. The van der Waals surface area contributed by atoms with Gasteiger partial charge in [-0.2, -0.15) is 21.6 Å². The first-order valence-electron chi connectivity index (χ1n) is 9.14. The van der Waals surface area contributed by atoms with E-state index in [1.807, 2.05) is 12.2 Å². The van der Waals surface area contributed by atoms with Gasteiger partial charge in [-0.15, -0.1) is 0 Å². The van der Waals surface area contributed by atoms with E-state index >= 15 is 0 Å². The second-order valence-corrected chi connectivity index (χ2v) is 9.33. The van der Waals surface area contributed by atoms with Crippen LogP contribution in [0.2, 0.25) is 0 Å². The Labute approximate surface area is 161 Å². The zero-order chi connectivity index (χ0) is 20.2. The highest BCUT2D eigenvalue weighted by atomic mass is 32.2. The number of allylic oxidation sites excluding steroid dienone is 1. The fourth-order valence-electron chi connectivity index (χ4n) is 4.60. The molecule has 4 rings (SSSR count). The van der Waals surface area contributed by atoms with E-state index in [0.29, 0.717) is 18.8 Å². The van der Waals surface area contributed by atoms with Gasteiger partial charge in [0.25, 0.3) is 0 Å². The molecule has 28 heavy (non-hydrogen) atoms. The van der Waals surface area contributed by atoms with Crippen LogP contribution in [0, 0.1) is 5.92 Å². The number of fused-ring (bicyclic) bond motifs is 3. The molecular weight excluding hydrogens is 397 g/mol. The van der Waals surface area contributed by atoms with E-state index in [0.717, 1.165) is 31.2 Å². The number of hydrogen-bond donors (Lipinski definition) is 0. The molecule has 1 aromatic carbocycles. The van der Waals surface area contributed by atoms with Crippen molar-refractivity contribution in [1.82, 2.24) is 0 Å². The van der Waals surface area contributed by atoms with Gasteiger partial charge in [-0.1, -0.05) is 25.1 Å². The Kier molecular flexibility index (Phi) is 4.55. The van der Waals surface area contributed by atoms with Crippen molar-refractivity contribution in [3.63, 3.8) is 0 Å². The quantitative estimate of drug-likeness (QED) is 0.534. The Bertz CT molecular complexity index is 903. The Balaban J connectivity index is 1.65. The average Bonchev–Trinajstić information content (AvgIpc) is 3.00. The van der Waals surface area contributed by atoms with E-state index in [2.05, 4.69) is 11.1 Å². The molecule has 1 saturated heterocycles. The molecule has 0 N–H and O–H groups in total. The smallest absolute Gasteiger partial charge is 0.376 e. The lowest BCUT2D eigenvalue weighted by molar-refractivity contribution is -0.197. The third-order valence-electron chi connectivity index (χ3n) is 6.14. The highest BCUT2D eigenvalue weighted by Crippen LogP contribution is 2.53.